The fourth-order valence-electron chi connectivity index (χ4n) is 9.27. The summed E-state index contributed by atoms with van der Waals surface area (Å²) < 4.78 is 0. The van der Waals surface area contributed by atoms with E-state index in [-0.39, 0.29) is 22.3 Å². The van der Waals surface area contributed by atoms with Gasteiger partial charge in [0, 0.05) is 5.41 Å². The van der Waals surface area contributed by atoms with Crippen LogP contribution in [-0.2, 0) is 4.79 Å². The van der Waals surface area contributed by atoms with E-state index in [4.69, 9.17) is 0 Å². The maximum absolute atomic E-state index is 12.3. The Labute approximate surface area is 196 Å². The molecule has 4 aliphatic carbocycles. The number of allylic oxidation sites excluding steroid dienone is 2. The molecule has 2 N–H and O–H groups in total. The van der Waals surface area contributed by atoms with Crippen molar-refractivity contribution in [2.24, 2.45) is 39.9 Å². The van der Waals surface area contributed by atoms with Crippen LogP contribution in [0.15, 0.2) is 11.1 Å². The zero-order chi connectivity index (χ0) is 23.3. The molecule has 32 heavy (non-hydrogen) atoms. The van der Waals surface area contributed by atoms with E-state index in [1.165, 1.54) is 25.7 Å². The van der Waals surface area contributed by atoms with Gasteiger partial charge in [-0.2, -0.15) is 0 Å². The molecule has 4 rings (SSSR count). The van der Waals surface area contributed by atoms with Crippen LogP contribution in [0.5, 0.6) is 0 Å². The van der Waals surface area contributed by atoms with Crippen LogP contribution >= 0.6 is 0 Å². The molecule has 0 aromatic rings. The lowest BCUT2D eigenvalue weighted by Gasteiger charge is -2.59. The molecule has 182 valence electrons. The lowest BCUT2D eigenvalue weighted by molar-refractivity contribution is -0.142. The van der Waals surface area contributed by atoms with Crippen molar-refractivity contribution in [1.29, 1.82) is 0 Å². The van der Waals surface area contributed by atoms with E-state index >= 15 is 0 Å². The van der Waals surface area contributed by atoms with Gasteiger partial charge in [-0.1, -0.05) is 65.0 Å². The molecule has 7 atom stereocenters. The third-order valence-corrected chi connectivity index (χ3v) is 11.1. The number of carbonyl (C=O) groups is 1. The van der Waals surface area contributed by atoms with Crippen LogP contribution in [0.2, 0.25) is 0 Å². The number of aliphatic carboxylic acids is 1. The molecule has 0 spiro atoms. The van der Waals surface area contributed by atoms with Crippen molar-refractivity contribution in [3.8, 4) is 0 Å². The van der Waals surface area contributed by atoms with E-state index in [0.29, 0.717) is 24.2 Å². The van der Waals surface area contributed by atoms with Crippen LogP contribution in [0.3, 0.4) is 0 Å². The quantitative estimate of drug-likeness (QED) is 0.403. The van der Waals surface area contributed by atoms with Gasteiger partial charge < -0.3 is 10.2 Å². The summed E-state index contributed by atoms with van der Waals surface area (Å²) >= 11 is 0. The highest BCUT2D eigenvalue weighted by molar-refractivity contribution is 5.69. The van der Waals surface area contributed by atoms with Crippen molar-refractivity contribution in [3.05, 3.63) is 11.1 Å². The van der Waals surface area contributed by atoms with Crippen molar-refractivity contribution in [3.63, 3.8) is 0 Å². The summed E-state index contributed by atoms with van der Waals surface area (Å²) in [5, 5.41) is 20.4. The molecule has 3 nitrogen and oxygen atoms in total. The van der Waals surface area contributed by atoms with Gasteiger partial charge in [0.15, 0.2) is 0 Å². The van der Waals surface area contributed by atoms with Gasteiger partial charge in [0.2, 0.25) is 0 Å². The minimum atomic E-state index is -0.607. The highest BCUT2D eigenvalue weighted by Gasteiger charge is 2.64. The molecule has 0 bridgehead atoms. The molecule has 3 heteroatoms. The predicted molar refractivity (Wildman–Crippen MR) is 130 cm³/mol. The minimum Gasteiger partial charge on any atom is -0.481 e. The summed E-state index contributed by atoms with van der Waals surface area (Å²) in [5.41, 5.74) is 3.35. The van der Waals surface area contributed by atoms with Crippen molar-refractivity contribution in [1.82, 2.24) is 0 Å². The van der Waals surface area contributed by atoms with Gasteiger partial charge in [0.25, 0.3) is 0 Å². The van der Waals surface area contributed by atoms with E-state index in [2.05, 4.69) is 34.6 Å². The van der Waals surface area contributed by atoms with Crippen LogP contribution in [0, 0.1) is 39.9 Å². The third kappa shape index (κ3) is 3.79. The average Bonchev–Trinajstić information content (AvgIpc) is 3.00. The maximum Gasteiger partial charge on any atom is 0.304 e. The molecule has 4 aliphatic rings. The second-order valence-corrected chi connectivity index (χ2v) is 13.1. The monoisotopic (exact) mass is 444 g/mol. The Balaban J connectivity index is 1.69. The largest absolute Gasteiger partial charge is 0.481 e. The lowest BCUT2D eigenvalue weighted by atomic mass is 9.45. The van der Waals surface area contributed by atoms with Crippen LogP contribution in [0.25, 0.3) is 0 Å². The zero-order valence-corrected chi connectivity index (χ0v) is 21.4. The minimum absolute atomic E-state index is 0.110. The molecule has 0 aromatic heterocycles. The summed E-state index contributed by atoms with van der Waals surface area (Å²) in [5.74, 6) is 2.04. The summed E-state index contributed by atoms with van der Waals surface area (Å²) in [4.78, 5) is 12.3. The van der Waals surface area contributed by atoms with Gasteiger partial charge in [-0.15, -0.1) is 0 Å². The van der Waals surface area contributed by atoms with Gasteiger partial charge >= 0.3 is 5.97 Å². The number of rotatable bonds is 7. The molecule has 0 heterocycles. The second kappa shape index (κ2) is 8.75. The zero-order valence-electron chi connectivity index (χ0n) is 21.4. The van der Waals surface area contributed by atoms with Crippen molar-refractivity contribution >= 4 is 5.97 Å². The molecule has 2 saturated carbocycles. The van der Waals surface area contributed by atoms with Crippen LogP contribution in [0.4, 0.5) is 0 Å². The van der Waals surface area contributed by atoms with E-state index in [9.17, 15) is 15.0 Å². The number of carboxylic acid groups (broad SMARTS) is 1. The molecule has 0 aliphatic heterocycles. The van der Waals surface area contributed by atoms with Gasteiger partial charge in [-0.05, 0) is 92.3 Å². The topological polar surface area (TPSA) is 57.5 Å². The Morgan fingerprint density at radius 3 is 2.44 bits per heavy atom. The number of hydrogen-bond donors (Lipinski definition) is 2. The summed E-state index contributed by atoms with van der Waals surface area (Å²) in [6.45, 7) is 12.0. The lowest BCUT2D eigenvalue weighted by Crippen LogP contribution is -2.51. The number of carboxylic acids is 1. The van der Waals surface area contributed by atoms with E-state index in [1.54, 1.807) is 11.1 Å². The fourth-order valence-corrected chi connectivity index (χ4v) is 9.27. The highest BCUT2D eigenvalue weighted by atomic mass is 16.4. The summed E-state index contributed by atoms with van der Waals surface area (Å²) in [6.07, 6.45) is 13.8. The molecule has 0 aromatic carbocycles. The number of aliphatic hydroxyl groups is 1. The molecular formula is C29H48O3. The number of aliphatic hydroxyl groups excluding tert-OH is 1. The first-order valence-corrected chi connectivity index (χ1v) is 13.7. The van der Waals surface area contributed by atoms with Gasteiger partial charge in [-0.3, -0.25) is 4.79 Å². The van der Waals surface area contributed by atoms with Crippen molar-refractivity contribution in [2.45, 2.75) is 124 Å². The predicted octanol–water partition coefficient (Wildman–Crippen LogP) is 7.38. The highest BCUT2D eigenvalue weighted by Crippen LogP contribution is 2.72. The third-order valence-electron chi connectivity index (χ3n) is 11.1. The first-order valence-electron chi connectivity index (χ1n) is 13.7. The molecule has 0 radical (unpaired) electrons. The first kappa shape index (κ1) is 24.3. The van der Waals surface area contributed by atoms with E-state index < -0.39 is 5.97 Å². The Morgan fingerprint density at radius 1 is 1.00 bits per heavy atom. The van der Waals surface area contributed by atoms with Gasteiger partial charge in [0.1, 0.15) is 0 Å². The van der Waals surface area contributed by atoms with Crippen LogP contribution in [0.1, 0.15) is 118 Å². The second-order valence-electron chi connectivity index (χ2n) is 13.1. The van der Waals surface area contributed by atoms with Gasteiger partial charge in [-0.25, -0.2) is 0 Å². The molecule has 0 saturated heterocycles. The van der Waals surface area contributed by atoms with Crippen LogP contribution < -0.4 is 0 Å². The Hall–Kier alpha value is -0.830. The standard InChI is InChI=1S/C29H48O3/c1-19(2)7-6-8-20(3)23-13-16-29(18-26(31)32)25-10-9-21-17-22(30)11-14-27(21,4)24(25)12-15-28(23,29)5/h19-23,30H,6-18H2,1-5H3,(H,31,32)/t20-,21+,22+,23-,27+,28-,29-/m1/s1. The first-order chi connectivity index (χ1) is 15.0. The molecule has 0 amide bonds. The van der Waals surface area contributed by atoms with Crippen LogP contribution in [-0.4, -0.2) is 22.3 Å². The van der Waals surface area contributed by atoms with Gasteiger partial charge in [0.05, 0.1) is 12.5 Å². The molecule has 0 unspecified atom stereocenters. The Kier molecular flexibility index (Phi) is 6.64. The molecule has 2 fully saturated rings. The average molecular weight is 445 g/mol. The van der Waals surface area contributed by atoms with E-state index in [1.807, 2.05) is 0 Å². The summed E-state index contributed by atoms with van der Waals surface area (Å²) in [7, 11) is 0. The van der Waals surface area contributed by atoms with Crippen molar-refractivity contribution < 1.29 is 15.0 Å². The van der Waals surface area contributed by atoms with Crippen molar-refractivity contribution in [2.75, 3.05) is 0 Å². The Bertz CT molecular complexity index is 754. The summed E-state index contributed by atoms with van der Waals surface area (Å²) in [6, 6.07) is 0. The SMILES string of the molecule is CC(C)CCC[C@@H](C)[C@H]1CC[C@@]2(CC(=O)O)C3=C(CC[C@]12C)[C@@]1(C)CC[C@H](O)C[C@@H]1CC3. The van der Waals surface area contributed by atoms with E-state index in [0.717, 1.165) is 57.3 Å². The normalized spacial score (nSPS) is 42.4. The number of fused-ring (bicyclic) bond motifs is 4. The number of hydrogen-bond acceptors (Lipinski definition) is 2. The molecular weight excluding hydrogens is 396 g/mol. The fraction of sp³-hybridized carbons (Fsp3) is 0.897. The smallest absolute Gasteiger partial charge is 0.304 e. The maximum atomic E-state index is 12.3. The Morgan fingerprint density at radius 2 is 1.75 bits per heavy atom.